The van der Waals surface area contributed by atoms with Crippen molar-refractivity contribution >= 4 is 12.4 Å². The maximum absolute atomic E-state index is 4.52. The Bertz CT molecular complexity index is 556. The zero-order valence-electron chi connectivity index (χ0n) is 12.8. The lowest BCUT2D eigenvalue weighted by Crippen LogP contribution is -2.15. The van der Waals surface area contributed by atoms with Crippen LogP contribution in [0.1, 0.15) is 42.4 Å². The summed E-state index contributed by atoms with van der Waals surface area (Å²) in [7, 11) is 3.95. The van der Waals surface area contributed by atoms with Gasteiger partial charge in [-0.2, -0.15) is 10.2 Å². The van der Waals surface area contributed by atoms with Crippen LogP contribution in [0.2, 0.25) is 0 Å². The predicted molar refractivity (Wildman–Crippen MR) is 83.0 cm³/mol. The molecular weight excluding hydrogens is 274 g/mol. The molecule has 6 heteroatoms. The van der Waals surface area contributed by atoms with Gasteiger partial charge in [0.15, 0.2) is 0 Å². The van der Waals surface area contributed by atoms with E-state index < -0.39 is 0 Å². The molecule has 5 nitrogen and oxygen atoms in total. The zero-order valence-corrected chi connectivity index (χ0v) is 13.7. The molecule has 0 saturated carbocycles. The van der Waals surface area contributed by atoms with Crippen molar-refractivity contribution in [2.45, 2.75) is 39.8 Å². The second-order valence-electron chi connectivity index (χ2n) is 5.36. The van der Waals surface area contributed by atoms with Gasteiger partial charge in [-0.1, -0.05) is 13.8 Å². The molecule has 20 heavy (non-hydrogen) atoms. The van der Waals surface area contributed by atoms with Crippen molar-refractivity contribution in [3.05, 3.63) is 34.9 Å². The predicted octanol–water partition coefficient (Wildman–Crippen LogP) is 2.30. The lowest BCUT2D eigenvalue weighted by atomic mass is 10.1. The van der Waals surface area contributed by atoms with Gasteiger partial charge in [-0.25, -0.2) is 0 Å². The van der Waals surface area contributed by atoms with Crippen LogP contribution in [-0.2, 0) is 27.2 Å². The van der Waals surface area contributed by atoms with E-state index in [2.05, 4.69) is 41.6 Å². The van der Waals surface area contributed by atoms with Crippen molar-refractivity contribution in [3.8, 4) is 0 Å². The first-order valence-corrected chi connectivity index (χ1v) is 6.70. The molecule has 0 bridgehead atoms. The van der Waals surface area contributed by atoms with Crippen molar-refractivity contribution in [1.29, 1.82) is 0 Å². The summed E-state index contributed by atoms with van der Waals surface area (Å²) in [5, 5.41) is 12.3. The molecule has 112 valence electrons. The molecule has 0 aliphatic rings. The van der Waals surface area contributed by atoms with Gasteiger partial charge in [-0.15, -0.1) is 12.4 Å². The number of aryl methyl sites for hydroxylation is 3. The average Bonchev–Trinajstić information content (AvgIpc) is 2.83. The highest BCUT2D eigenvalue weighted by molar-refractivity contribution is 5.85. The van der Waals surface area contributed by atoms with Crippen molar-refractivity contribution in [2.24, 2.45) is 14.1 Å². The van der Waals surface area contributed by atoms with Crippen molar-refractivity contribution in [2.75, 3.05) is 0 Å². The minimum absolute atomic E-state index is 0. The fraction of sp³-hybridized carbons (Fsp3) is 0.571. The molecule has 2 aromatic heterocycles. The highest BCUT2D eigenvalue weighted by Crippen LogP contribution is 2.13. The molecule has 0 unspecified atom stereocenters. The molecule has 2 rings (SSSR count). The van der Waals surface area contributed by atoms with E-state index in [0.29, 0.717) is 5.92 Å². The van der Waals surface area contributed by atoms with E-state index >= 15 is 0 Å². The van der Waals surface area contributed by atoms with Crippen LogP contribution in [0.15, 0.2) is 12.3 Å². The fourth-order valence-corrected chi connectivity index (χ4v) is 2.13. The quantitative estimate of drug-likeness (QED) is 0.921. The average molecular weight is 298 g/mol. The van der Waals surface area contributed by atoms with Gasteiger partial charge in [-0.3, -0.25) is 9.36 Å². The fourth-order valence-electron chi connectivity index (χ4n) is 2.13. The second-order valence-corrected chi connectivity index (χ2v) is 5.36. The Morgan fingerprint density at radius 3 is 2.40 bits per heavy atom. The first kappa shape index (κ1) is 16.7. The molecule has 0 atom stereocenters. The van der Waals surface area contributed by atoms with Crippen LogP contribution in [0, 0.1) is 6.92 Å². The highest BCUT2D eigenvalue weighted by atomic mass is 35.5. The molecule has 0 aliphatic heterocycles. The van der Waals surface area contributed by atoms with Crippen LogP contribution in [0.5, 0.6) is 0 Å². The Balaban J connectivity index is 0.00000200. The summed E-state index contributed by atoms with van der Waals surface area (Å²) in [4.78, 5) is 0. The smallest absolute Gasteiger partial charge is 0.0653 e. The van der Waals surface area contributed by atoms with Gasteiger partial charge in [0.2, 0.25) is 0 Å². The van der Waals surface area contributed by atoms with Gasteiger partial charge >= 0.3 is 0 Å². The summed E-state index contributed by atoms with van der Waals surface area (Å²) in [5.74, 6) is 0.473. The first-order chi connectivity index (χ1) is 8.97. The molecule has 0 amide bonds. The van der Waals surface area contributed by atoms with Gasteiger partial charge in [0.1, 0.15) is 0 Å². The Hall–Kier alpha value is -1.33. The summed E-state index contributed by atoms with van der Waals surface area (Å²) in [6.45, 7) is 8.03. The molecule has 0 aromatic carbocycles. The Kier molecular flexibility index (Phi) is 5.77. The molecule has 2 aromatic rings. The van der Waals surface area contributed by atoms with E-state index in [1.807, 2.05) is 30.4 Å². The molecule has 0 aliphatic carbocycles. The van der Waals surface area contributed by atoms with Gasteiger partial charge in [-0.05, 0) is 18.9 Å². The third-order valence-electron chi connectivity index (χ3n) is 3.32. The minimum Gasteiger partial charge on any atom is -0.307 e. The Labute approximate surface area is 126 Å². The largest absolute Gasteiger partial charge is 0.307 e. The van der Waals surface area contributed by atoms with Crippen LogP contribution in [0.25, 0.3) is 0 Å². The van der Waals surface area contributed by atoms with E-state index in [0.717, 1.165) is 24.5 Å². The number of rotatable bonds is 5. The summed E-state index contributed by atoms with van der Waals surface area (Å²) < 4.78 is 3.81. The maximum atomic E-state index is 4.52. The molecule has 0 radical (unpaired) electrons. The van der Waals surface area contributed by atoms with Gasteiger partial charge in [0.25, 0.3) is 0 Å². The van der Waals surface area contributed by atoms with Crippen LogP contribution >= 0.6 is 12.4 Å². The number of hydrogen-bond acceptors (Lipinski definition) is 3. The summed E-state index contributed by atoms with van der Waals surface area (Å²) in [5.41, 5.74) is 4.69. The first-order valence-electron chi connectivity index (χ1n) is 6.70. The lowest BCUT2D eigenvalue weighted by Gasteiger charge is -2.04. The number of halogens is 1. The molecular formula is C14H24ClN5. The third-order valence-corrected chi connectivity index (χ3v) is 3.32. The van der Waals surface area contributed by atoms with Crippen molar-refractivity contribution in [3.63, 3.8) is 0 Å². The van der Waals surface area contributed by atoms with E-state index in [-0.39, 0.29) is 12.4 Å². The summed E-state index contributed by atoms with van der Waals surface area (Å²) in [6, 6.07) is 2.17. The number of hydrogen-bond donors (Lipinski definition) is 1. The maximum Gasteiger partial charge on any atom is 0.0653 e. The van der Waals surface area contributed by atoms with Gasteiger partial charge in [0, 0.05) is 38.9 Å². The Morgan fingerprint density at radius 1 is 1.20 bits per heavy atom. The monoisotopic (exact) mass is 297 g/mol. The van der Waals surface area contributed by atoms with Crippen LogP contribution in [-0.4, -0.2) is 19.6 Å². The second kappa shape index (κ2) is 6.90. The van der Waals surface area contributed by atoms with Crippen LogP contribution in [0.4, 0.5) is 0 Å². The van der Waals surface area contributed by atoms with E-state index in [4.69, 9.17) is 0 Å². The molecule has 2 heterocycles. The zero-order chi connectivity index (χ0) is 14.0. The van der Waals surface area contributed by atoms with E-state index in [9.17, 15) is 0 Å². The SMILES string of the molecule is Cc1nn(C)cc1CNCc1cc(C(C)C)nn1C.Cl. The third kappa shape index (κ3) is 3.84. The minimum atomic E-state index is 0. The normalized spacial score (nSPS) is 10.9. The molecule has 0 spiro atoms. The Morgan fingerprint density at radius 2 is 1.90 bits per heavy atom. The summed E-state index contributed by atoms with van der Waals surface area (Å²) >= 11 is 0. The van der Waals surface area contributed by atoms with E-state index in [1.54, 1.807) is 0 Å². The molecule has 1 N–H and O–H groups in total. The number of aromatic nitrogens is 4. The van der Waals surface area contributed by atoms with Crippen LogP contribution in [0.3, 0.4) is 0 Å². The van der Waals surface area contributed by atoms with Crippen molar-refractivity contribution < 1.29 is 0 Å². The topological polar surface area (TPSA) is 47.7 Å². The van der Waals surface area contributed by atoms with E-state index in [1.165, 1.54) is 11.3 Å². The van der Waals surface area contributed by atoms with Gasteiger partial charge in [0.05, 0.1) is 17.1 Å². The molecule has 0 saturated heterocycles. The van der Waals surface area contributed by atoms with Crippen LogP contribution < -0.4 is 5.32 Å². The van der Waals surface area contributed by atoms with Gasteiger partial charge < -0.3 is 5.32 Å². The molecule has 0 fully saturated rings. The number of nitrogens with zero attached hydrogens (tertiary/aromatic N) is 4. The lowest BCUT2D eigenvalue weighted by molar-refractivity contribution is 0.619. The highest BCUT2D eigenvalue weighted by Gasteiger charge is 2.08. The van der Waals surface area contributed by atoms with Crippen molar-refractivity contribution in [1.82, 2.24) is 24.9 Å². The summed E-state index contributed by atoms with van der Waals surface area (Å²) in [6.07, 6.45) is 2.06. The number of nitrogens with one attached hydrogen (secondary N) is 1. The standard InChI is InChI=1S/C14H23N5.ClH/c1-10(2)14-6-13(19(5)17-14)8-15-7-12-9-18(4)16-11(12)3;/h6,9-10,15H,7-8H2,1-5H3;1H.